The average molecular weight is 420 g/mol. The van der Waals surface area contributed by atoms with Crippen LogP contribution in [0.5, 0.6) is 5.75 Å². The molecule has 0 aliphatic carbocycles. The molecule has 0 aliphatic rings. The van der Waals surface area contributed by atoms with Crippen LogP contribution in [0, 0.1) is 5.82 Å². The Kier molecular flexibility index (Phi) is 5.45. The smallest absolute Gasteiger partial charge is 0.250 e. The van der Waals surface area contributed by atoms with Gasteiger partial charge >= 0.3 is 0 Å². The number of carbonyl (C=O) groups is 1. The number of methoxy groups -OCH3 is 1. The first kappa shape index (κ1) is 19.6. The molecule has 1 amide bonds. The van der Waals surface area contributed by atoms with Crippen LogP contribution < -0.4 is 15.4 Å². The molecule has 150 valence electrons. The van der Waals surface area contributed by atoms with Crippen LogP contribution in [0.1, 0.15) is 5.56 Å². The molecule has 7 heteroatoms. The Hall–Kier alpha value is -3.71. The van der Waals surface area contributed by atoms with Crippen LogP contribution in [-0.4, -0.2) is 18.1 Å². The summed E-state index contributed by atoms with van der Waals surface area (Å²) in [6.45, 7) is 0. The fourth-order valence-electron chi connectivity index (χ4n) is 3.07. The highest BCUT2D eigenvalue weighted by Gasteiger charge is 2.13. The molecule has 2 N–H and O–H groups in total. The van der Waals surface area contributed by atoms with Gasteiger partial charge in [0.2, 0.25) is 5.91 Å². The summed E-state index contributed by atoms with van der Waals surface area (Å²) in [4.78, 5) is 12.1. The van der Waals surface area contributed by atoms with E-state index in [1.165, 1.54) is 18.2 Å². The quantitative estimate of drug-likeness (QED) is 0.348. The first-order valence-electron chi connectivity index (χ1n) is 9.08. The second-order valence-electron chi connectivity index (χ2n) is 6.48. The number of fused-ring (bicyclic) bond motifs is 3. The van der Waals surface area contributed by atoms with E-state index in [2.05, 4.69) is 10.6 Å². The van der Waals surface area contributed by atoms with Crippen LogP contribution in [0.15, 0.2) is 71.2 Å². The molecule has 0 spiro atoms. The van der Waals surface area contributed by atoms with Crippen LogP contribution in [0.25, 0.3) is 28.0 Å². The Morgan fingerprint density at radius 1 is 1.07 bits per heavy atom. The van der Waals surface area contributed by atoms with Crippen molar-refractivity contribution in [2.75, 3.05) is 12.4 Å². The lowest BCUT2D eigenvalue weighted by Crippen LogP contribution is -2.32. The molecule has 0 unspecified atom stereocenters. The van der Waals surface area contributed by atoms with Crippen molar-refractivity contribution < 1.29 is 18.3 Å². The number of ether oxygens (including phenoxy) is 1. The molecule has 0 saturated heterocycles. The van der Waals surface area contributed by atoms with Gasteiger partial charge in [-0.05, 0) is 48.1 Å². The van der Waals surface area contributed by atoms with Gasteiger partial charge in [-0.15, -0.1) is 0 Å². The van der Waals surface area contributed by atoms with E-state index in [-0.39, 0.29) is 10.9 Å². The Morgan fingerprint density at radius 2 is 1.83 bits per heavy atom. The molecule has 0 aliphatic heterocycles. The van der Waals surface area contributed by atoms with E-state index in [0.717, 1.165) is 16.4 Å². The van der Waals surface area contributed by atoms with Gasteiger partial charge in [0.1, 0.15) is 22.7 Å². The van der Waals surface area contributed by atoms with Crippen LogP contribution >= 0.6 is 12.2 Å². The number of thiocarbonyl (C=S) groups is 1. The minimum atomic E-state index is -0.416. The predicted octanol–water partition coefficient (Wildman–Crippen LogP) is 5.26. The van der Waals surface area contributed by atoms with E-state index in [1.54, 1.807) is 31.4 Å². The fraction of sp³-hybridized carbons (Fsp3) is 0.0435. The molecule has 0 bridgehead atoms. The second-order valence-corrected chi connectivity index (χ2v) is 6.88. The molecule has 3 aromatic carbocycles. The molecule has 4 rings (SSSR count). The van der Waals surface area contributed by atoms with Crippen LogP contribution in [0.3, 0.4) is 0 Å². The third-order valence-electron chi connectivity index (χ3n) is 4.48. The van der Waals surface area contributed by atoms with E-state index >= 15 is 0 Å². The van der Waals surface area contributed by atoms with Crippen molar-refractivity contribution in [3.05, 3.63) is 78.1 Å². The van der Waals surface area contributed by atoms with Crippen molar-refractivity contribution >= 4 is 56.9 Å². The second kappa shape index (κ2) is 8.34. The zero-order valence-corrected chi connectivity index (χ0v) is 16.8. The highest BCUT2D eigenvalue weighted by Crippen LogP contribution is 2.36. The van der Waals surface area contributed by atoms with Crippen LogP contribution in [-0.2, 0) is 4.79 Å². The Labute approximate surface area is 177 Å². The number of para-hydroxylation sites is 1. The van der Waals surface area contributed by atoms with Crippen molar-refractivity contribution in [3.63, 3.8) is 0 Å². The number of furan rings is 1. The lowest BCUT2D eigenvalue weighted by molar-refractivity contribution is -0.115. The predicted molar refractivity (Wildman–Crippen MR) is 120 cm³/mol. The van der Waals surface area contributed by atoms with Crippen molar-refractivity contribution in [3.8, 4) is 5.75 Å². The summed E-state index contributed by atoms with van der Waals surface area (Å²) < 4.78 is 24.3. The molecular weight excluding hydrogens is 403 g/mol. The highest BCUT2D eigenvalue weighted by molar-refractivity contribution is 7.80. The first-order chi connectivity index (χ1) is 14.5. The number of hydrogen-bond acceptors (Lipinski definition) is 4. The van der Waals surface area contributed by atoms with E-state index < -0.39 is 5.91 Å². The summed E-state index contributed by atoms with van der Waals surface area (Å²) >= 11 is 5.24. The normalized spacial score (nSPS) is 11.1. The van der Waals surface area contributed by atoms with E-state index in [1.807, 2.05) is 30.3 Å². The Balaban J connectivity index is 1.50. The maximum absolute atomic E-state index is 12.9. The summed E-state index contributed by atoms with van der Waals surface area (Å²) in [6.07, 6.45) is 2.89. The molecular formula is C23H17FN2O3S. The summed E-state index contributed by atoms with van der Waals surface area (Å²) in [7, 11) is 1.56. The van der Waals surface area contributed by atoms with Crippen LogP contribution in [0.2, 0.25) is 0 Å². The van der Waals surface area contributed by atoms with Crippen molar-refractivity contribution in [1.82, 2.24) is 5.32 Å². The Morgan fingerprint density at radius 3 is 2.60 bits per heavy atom. The average Bonchev–Trinajstić information content (AvgIpc) is 3.10. The van der Waals surface area contributed by atoms with Gasteiger partial charge in [-0.25, -0.2) is 4.39 Å². The molecule has 0 radical (unpaired) electrons. The molecule has 1 aromatic heterocycles. The van der Waals surface area contributed by atoms with Gasteiger partial charge in [-0.3, -0.25) is 10.1 Å². The molecule has 30 heavy (non-hydrogen) atoms. The van der Waals surface area contributed by atoms with Crippen molar-refractivity contribution in [1.29, 1.82) is 0 Å². The SMILES string of the molecule is COc1cc2c(cc1NC(=S)NC(=O)C=Cc1ccc(F)cc1)oc1ccccc12. The number of nitrogens with one attached hydrogen (secondary N) is 2. The number of benzene rings is 3. The zero-order chi connectivity index (χ0) is 21.1. The lowest BCUT2D eigenvalue weighted by Gasteiger charge is -2.12. The Bertz CT molecular complexity index is 1280. The first-order valence-corrected chi connectivity index (χ1v) is 9.49. The topological polar surface area (TPSA) is 63.5 Å². The lowest BCUT2D eigenvalue weighted by atomic mass is 10.1. The van der Waals surface area contributed by atoms with Gasteiger partial charge in [-0.1, -0.05) is 30.3 Å². The van der Waals surface area contributed by atoms with Gasteiger partial charge in [0.15, 0.2) is 5.11 Å². The molecule has 1 heterocycles. The minimum absolute atomic E-state index is 0.109. The maximum atomic E-state index is 12.9. The highest BCUT2D eigenvalue weighted by atomic mass is 32.1. The van der Waals surface area contributed by atoms with Crippen LogP contribution in [0.4, 0.5) is 10.1 Å². The third-order valence-corrected chi connectivity index (χ3v) is 4.69. The number of halogens is 1. The summed E-state index contributed by atoms with van der Waals surface area (Å²) in [5.74, 6) is -0.189. The van der Waals surface area contributed by atoms with E-state index in [0.29, 0.717) is 22.6 Å². The number of amides is 1. The number of rotatable bonds is 4. The van der Waals surface area contributed by atoms with Crippen molar-refractivity contribution in [2.45, 2.75) is 0 Å². The van der Waals surface area contributed by atoms with E-state index in [9.17, 15) is 9.18 Å². The number of anilines is 1. The van der Waals surface area contributed by atoms with Crippen molar-refractivity contribution in [2.24, 2.45) is 0 Å². The maximum Gasteiger partial charge on any atom is 0.250 e. The molecule has 0 saturated carbocycles. The van der Waals surface area contributed by atoms with Gasteiger partial charge in [0, 0.05) is 22.9 Å². The van der Waals surface area contributed by atoms with Gasteiger partial charge in [0.25, 0.3) is 0 Å². The molecule has 5 nitrogen and oxygen atoms in total. The minimum Gasteiger partial charge on any atom is -0.495 e. The number of carbonyl (C=O) groups excluding carboxylic acids is 1. The molecule has 0 fully saturated rings. The number of hydrogen-bond donors (Lipinski definition) is 2. The van der Waals surface area contributed by atoms with Gasteiger partial charge in [-0.2, -0.15) is 0 Å². The molecule has 4 aromatic rings. The third kappa shape index (κ3) is 4.16. The summed E-state index contributed by atoms with van der Waals surface area (Å²) in [5, 5.41) is 7.55. The van der Waals surface area contributed by atoms with E-state index in [4.69, 9.17) is 21.4 Å². The summed E-state index contributed by atoms with van der Waals surface area (Å²) in [6, 6.07) is 17.2. The monoisotopic (exact) mass is 420 g/mol. The standard InChI is InChI=1S/C23H17FN2O3S/c1-28-21-12-17-16-4-2-3-5-19(16)29-20(17)13-18(21)25-23(30)26-22(27)11-8-14-6-9-15(24)10-7-14/h2-13H,1H3,(H2,25,26,27,30). The largest absolute Gasteiger partial charge is 0.495 e. The van der Waals surface area contributed by atoms with Gasteiger partial charge in [0.05, 0.1) is 12.8 Å². The zero-order valence-electron chi connectivity index (χ0n) is 15.9. The summed E-state index contributed by atoms with van der Waals surface area (Å²) in [5.41, 5.74) is 2.71. The van der Waals surface area contributed by atoms with Gasteiger partial charge < -0.3 is 14.5 Å². The molecule has 0 atom stereocenters. The fourth-order valence-corrected chi connectivity index (χ4v) is 3.28.